The van der Waals surface area contributed by atoms with Crippen molar-refractivity contribution in [3.05, 3.63) is 35.9 Å². The molecule has 0 unspecified atom stereocenters. The quantitative estimate of drug-likeness (QED) is 0.853. The summed E-state index contributed by atoms with van der Waals surface area (Å²) in [5.74, 6) is -1.45. The highest BCUT2D eigenvalue weighted by Gasteiger charge is 2.40. The maximum absolute atomic E-state index is 13.0. The van der Waals surface area contributed by atoms with Crippen molar-refractivity contribution in [2.45, 2.75) is 57.7 Å². The second kappa shape index (κ2) is 8.41. The lowest BCUT2D eigenvalue weighted by Gasteiger charge is -2.32. The number of ether oxygens (including phenoxy) is 1. The van der Waals surface area contributed by atoms with E-state index < -0.39 is 29.7 Å². The molecule has 148 valence electrons. The van der Waals surface area contributed by atoms with E-state index in [0.29, 0.717) is 19.4 Å². The summed E-state index contributed by atoms with van der Waals surface area (Å²) < 4.78 is 5.39. The van der Waals surface area contributed by atoms with Crippen LogP contribution in [0.3, 0.4) is 0 Å². The van der Waals surface area contributed by atoms with Gasteiger partial charge in [0.2, 0.25) is 5.91 Å². The molecule has 1 saturated heterocycles. The number of carbonyl (C=O) groups is 3. The molecule has 0 radical (unpaired) electrons. The molecule has 7 nitrogen and oxygen atoms in total. The van der Waals surface area contributed by atoms with Crippen LogP contribution in [0.4, 0.5) is 4.79 Å². The minimum Gasteiger partial charge on any atom is -0.480 e. The molecule has 0 aliphatic carbocycles. The van der Waals surface area contributed by atoms with E-state index in [9.17, 15) is 19.5 Å². The molecule has 27 heavy (non-hydrogen) atoms. The summed E-state index contributed by atoms with van der Waals surface area (Å²) in [7, 11) is 1.48. The Morgan fingerprint density at radius 1 is 1.26 bits per heavy atom. The van der Waals surface area contributed by atoms with Crippen molar-refractivity contribution in [3.8, 4) is 0 Å². The monoisotopic (exact) mass is 376 g/mol. The molecule has 1 aliphatic heterocycles. The topological polar surface area (TPSA) is 87.2 Å². The van der Waals surface area contributed by atoms with Crippen LogP contribution >= 0.6 is 0 Å². The van der Waals surface area contributed by atoms with Gasteiger partial charge in [0.05, 0.1) is 0 Å². The van der Waals surface area contributed by atoms with E-state index in [4.69, 9.17) is 4.74 Å². The minimum absolute atomic E-state index is 0.206. The molecule has 1 N–H and O–H groups in total. The van der Waals surface area contributed by atoms with Crippen LogP contribution in [0.25, 0.3) is 0 Å². The van der Waals surface area contributed by atoms with Crippen LogP contribution in [0.2, 0.25) is 0 Å². The summed E-state index contributed by atoms with van der Waals surface area (Å²) in [6.45, 7) is 5.73. The van der Waals surface area contributed by atoms with E-state index in [-0.39, 0.29) is 12.3 Å². The average Bonchev–Trinajstić information content (AvgIpc) is 3.07. The van der Waals surface area contributed by atoms with Crippen molar-refractivity contribution < 1.29 is 24.2 Å². The average molecular weight is 376 g/mol. The Morgan fingerprint density at radius 2 is 1.89 bits per heavy atom. The van der Waals surface area contributed by atoms with Gasteiger partial charge in [-0.1, -0.05) is 30.3 Å². The third-order valence-corrected chi connectivity index (χ3v) is 4.54. The van der Waals surface area contributed by atoms with E-state index in [1.165, 1.54) is 16.8 Å². The first-order chi connectivity index (χ1) is 12.6. The van der Waals surface area contributed by atoms with Crippen molar-refractivity contribution in [1.82, 2.24) is 9.80 Å². The van der Waals surface area contributed by atoms with E-state index in [1.54, 1.807) is 20.8 Å². The normalized spacial score (nSPS) is 18.1. The predicted molar refractivity (Wildman–Crippen MR) is 100 cm³/mol. The summed E-state index contributed by atoms with van der Waals surface area (Å²) in [6, 6.07) is 7.48. The standard InChI is InChI=1S/C20H28N2O5/c1-20(2,3)27-19(26)22-12-8-11-15(22)17(23)21(4)16(18(24)25)13-14-9-6-5-7-10-14/h5-7,9-10,15-16H,8,11-13H2,1-4H3,(H,24,25)/t15-,16-/m0/s1. The Labute approximate surface area is 159 Å². The van der Waals surface area contributed by atoms with Crippen molar-refractivity contribution in [3.63, 3.8) is 0 Å². The molecule has 0 saturated carbocycles. The zero-order valence-corrected chi connectivity index (χ0v) is 16.3. The Morgan fingerprint density at radius 3 is 2.44 bits per heavy atom. The molecule has 7 heteroatoms. The Bertz CT molecular complexity index is 683. The fourth-order valence-corrected chi connectivity index (χ4v) is 3.18. The molecule has 2 amide bonds. The number of amides is 2. The van der Waals surface area contributed by atoms with E-state index in [1.807, 2.05) is 30.3 Å². The second-order valence-corrected chi connectivity index (χ2v) is 7.82. The Balaban J connectivity index is 2.13. The number of carbonyl (C=O) groups excluding carboxylic acids is 2. The fraction of sp³-hybridized carbons (Fsp3) is 0.550. The summed E-state index contributed by atoms with van der Waals surface area (Å²) in [5.41, 5.74) is 0.177. The van der Waals surface area contributed by atoms with Gasteiger partial charge in [0.1, 0.15) is 17.7 Å². The van der Waals surface area contributed by atoms with Gasteiger partial charge >= 0.3 is 12.1 Å². The van der Waals surface area contributed by atoms with Crippen molar-refractivity contribution in [2.24, 2.45) is 0 Å². The molecule has 2 rings (SSSR count). The van der Waals surface area contributed by atoms with Crippen molar-refractivity contribution >= 4 is 18.0 Å². The van der Waals surface area contributed by atoms with Gasteiger partial charge < -0.3 is 14.7 Å². The zero-order chi connectivity index (χ0) is 20.2. The molecule has 1 heterocycles. The molecular weight excluding hydrogens is 348 g/mol. The number of nitrogens with zero attached hydrogens (tertiary/aromatic N) is 2. The highest BCUT2D eigenvalue weighted by Crippen LogP contribution is 2.23. The largest absolute Gasteiger partial charge is 0.480 e. The van der Waals surface area contributed by atoms with Crippen LogP contribution in [0, 0.1) is 0 Å². The highest BCUT2D eigenvalue weighted by molar-refractivity contribution is 5.89. The second-order valence-electron chi connectivity index (χ2n) is 7.82. The van der Waals surface area contributed by atoms with Crippen LogP contribution < -0.4 is 0 Å². The number of rotatable bonds is 5. The summed E-state index contributed by atoms with van der Waals surface area (Å²) in [4.78, 5) is 39.8. The van der Waals surface area contributed by atoms with Crippen LogP contribution in [0.5, 0.6) is 0 Å². The van der Waals surface area contributed by atoms with Gasteiger partial charge in [-0.25, -0.2) is 9.59 Å². The minimum atomic E-state index is -1.07. The first-order valence-electron chi connectivity index (χ1n) is 9.13. The molecule has 1 aromatic carbocycles. The third kappa shape index (κ3) is 5.45. The molecular formula is C20H28N2O5. The number of aliphatic carboxylic acids is 1. The van der Waals surface area contributed by atoms with E-state index in [2.05, 4.69) is 0 Å². The van der Waals surface area contributed by atoms with Gasteiger partial charge in [0.25, 0.3) is 0 Å². The zero-order valence-electron chi connectivity index (χ0n) is 16.3. The number of carboxylic acid groups (broad SMARTS) is 1. The fourth-order valence-electron chi connectivity index (χ4n) is 3.18. The Hall–Kier alpha value is -2.57. The lowest BCUT2D eigenvalue weighted by molar-refractivity contribution is -0.150. The van der Waals surface area contributed by atoms with Gasteiger partial charge in [-0.2, -0.15) is 0 Å². The molecule has 2 atom stereocenters. The van der Waals surface area contributed by atoms with Gasteiger partial charge in [-0.05, 0) is 39.2 Å². The highest BCUT2D eigenvalue weighted by atomic mass is 16.6. The van der Waals surface area contributed by atoms with Gasteiger partial charge in [-0.3, -0.25) is 9.69 Å². The first-order valence-corrected chi connectivity index (χ1v) is 9.13. The number of likely N-dealkylation sites (N-methyl/N-ethyl adjacent to an activating group) is 1. The van der Waals surface area contributed by atoms with Crippen LogP contribution in [0.1, 0.15) is 39.2 Å². The van der Waals surface area contributed by atoms with Gasteiger partial charge in [-0.15, -0.1) is 0 Å². The summed E-state index contributed by atoms with van der Waals surface area (Å²) in [5, 5.41) is 9.63. The lowest BCUT2D eigenvalue weighted by atomic mass is 10.0. The summed E-state index contributed by atoms with van der Waals surface area (Å²) in [6.07, 6.45) is 0.846. The maximum atomic E-state index is 13.0. The number of hydrogen-bond donors (Lipinski definition) is 1. The molecule has 1 fully saturated rings. The smallest absolute Gasteiger partial charge is 0.410 e. The van der Waals surface area contributed by atoms with Crippen molar-refractivity contribution in [1.29, 1.82) is 0 Å². The molecule has 0 aromatic heterocycles. The SMILES string of the molecule is CN(C(=O)[C@@H]1CCCN1C(=O)OC(C)(C)C)[C@@H](Cc1ccccc1)C(=O)O. The van der Waals surface area contributed by atoms with Crippen LogP contribution in [-0.4, -0.2) is 64.2 Å². The van der Waals surface area contributed by atoms with Crippen molar-refractivity contribution in [2.75, 3.05) is 13.6 Å². The number of carboxylic acids is 1. The molecule has 0 bridgehead atoms. The van der Waals surface area contributed by atoms with Crippen LogP contribution in [-0.2, 0) is 20.7 Å². The maximum Gasteiger partial charge on any atom is 0.410 e. The number of benzene rings is 1. The molecule has 1 aliphatic rings. The number of hydrogen-bond acceptors (Lipinski definition) is 4. The molecule has 1 aromatic rings. The number of likely N-dealkylation sites (tertiary alicyclic amines) is 1. The first kappa shape index (κ1) is 20.7. The summed E-state index contributed by atoms with van der Waals surface area (Å²) >= 11 is 0. The van der Waals surface area contributed by atoms with Crippen LogP contribution in [0.15, 0.2) is 30.3 Å². The van der Waals surface area contributed by atoms with Gasteiger partial charge in [0, 0.05) is 20.0 Å². The Kier molecular flexibility index (Phi) is 6.46. The lowest BCUT2D eigenvalue weighted by Crippen LogP contribution is -2.52. The molecule has 0 spiro atoms. The van der Waals surface area contributed by atoms with Gasteiger partial charge in [0.15, 0.2) is 0 Å². The predicted octanol–water partition coefficient (Wildman–Crippen LogP) is 2.54. The van der Waals surface area contributed by atoms with E-state index in [0.717, 1.165) is 5.56 Å². The van der Waals surface area contributed by atoms with E-state index >= 15 is 0 Å². The third-order valence-electron chi connectivity index (χ3n) is 4.54.